The molecule has 1 spiro atoms. The van der Waals surface area contributed by atoms with Gasteiger partial charge >= 0.3 is 30.0 Å². The average Bonchev–Trinajstić information content (AvgIpc) is 1.46. The van der Waals surface area contributed by atoms with Crippen molar-refractivity contribution in [3.8, 4) is 5.75 Å². The number of carboxylic acids is 3. The molecule has 116 heavy (non-hydrogen) atoms. The van der Waals surface area contributed by atoms with Crippen molar-refractivity contribution in [3.05, 3.63) is 123 Å². The molecule has 622 valence electrons. The van der Waals surface area contributed by atoms with Crippen LogP contribution in [0.3, 0.4) is 0 Å². The summed E-state index contributed by atoms with van der Waals surface area (Å²) >= 11 is 0. The van der Waals surface area contributed by atoms with Crippen molar-refractivity contribution < 1.29 is 97.6 Å². The first-order chi connectivity index (χ1) is 55.3. The Balaban J connectivity index is 0.000000369. The lowest BCUT2D eigenvalue weighted by atomic mass is 9.47. The number of carboxylic acid groups (broad SMARTS) is 3. The smallest absolute Gasteiger partial charge is 0.373 e. The van der Waals surface area contributed by atoms with Gasteiger partial charge in [0, 0.05) is 126 Å². The Morgan fingerprint density at radius 3 is 2.24 bits per heavy atom. The van der Waals surface area contributed by atoms with Crippen molar-refractivity contribution in [2.45, 2.75) is 158 Å². The number of benzene rings is 3. The summed E-state index contributed by atoms with van der Waals surface area (Å²) in [5, 5.41) is 76.5. The number of nitrogens with two attached hydrogens (primary N) is 1. The number of amides is 4. The van der Waals surface area contributed by atoms with E-state index in [0.29, 0.717) is 118 Å². The van der Waals surface area contributed by atoms with E-state index in [1.54, 1.807) is 43.1 Å². The first-order valence-corrected chi connectivity index (χ1v) is 40.6. The Morgan fingerprint density at radius 1 is 0.853 bits per heavy atom. The Labute approximate surface area is 674 Å². The number of aliphatic hydroxyl groups excluding tert-OH is 1. The fourth-order valence-corrected chi connectivity index (χ4v) is 20.2. The first kappa shape index (κ1) is 87.7. The van der Waals surface area contributed by atoms with Gasteiger partial charge in [-0.15, -0.1) is 0 Å². The topological polar surface area (TPSA) is 528 Å². The number of nitrogens with zero attached hydrogens (tertiary/aromatic N) is 6. The summed E-state index contributed by atoms with van der Waals surface area (Å²) in [5.74, 6) is -11.3. The Hall–Kier alpha value is -10.7. The third-order valence-corrected chi connectivity index (χ3v) is 25.7. The number of aromatic nitrogens is 5. The standard InChI is InChI=1S/C59H77N7O16S2.C19H21N7O3.CO2/c1-7-33(22-45(69)70)48(73)61-40(24-46(71)72)42(67)21-34(49(74)75)29-83-84-30-44(68)62-63-53(77)59(80)51-57(17-20-66-18-12-16-56(9-3,50(57)66)52(59)76)37-23-38(43(81-5)25-41(37)64(51)4)58(54(78)82-6)27-32-26-55(79,8-2)31-65(28-32)19-15-36-35-13-10-11-14-39(35)60-47(36)58;1-11(27)3-2-8-21-17(28)12-4-6-13(7-5-12)22-9-14-10-23-16-15(24-14)18(29)26-19(20)25-16;2-1-3/h10-14,16,23,25,32-34,40,50-52,60,76,79-80H,7-9,15,17-22,24,26-31H2,1-6H3,(H,61,73)(H,62,68)(H,63,77)(H,69,70)(H,71,72)(H,74,75);4-7,10,22H,2-3,8-9H2,1H3,(H,21,28)(H3,20,23,25,26,29);/t32-,33+,34+,40+,50+,51-,52-,55+,56-,57-,58+,59+;;/m1../s1. The summed E-state index contributed by atoms with van der Waals surface area (Å²) in [4.78, 5) is 182. The van der Waals surface area contributed by atoms with Crippen LogP contribution in [0, 0.1) is 23.2 Å². The fraction of sp³-hybridized carbons (Fsp3) is 0.506. The number of nitrogen functional groups attached to an aromatic ring is 1. The highest BCUT2D eigenvalue weighted by Gasteiger charge is 2.79. The number of Topliss-reactive ketones (excluding diaryl/α,β-unsaturated/α-hetero) is 2. The van der Waals surface area contributed by atoms with E-state index in [-0.39, 0.29) is 71.6 Å². The fourth-order valence-electron chi connectivity index (χ4n) is 18.1. The normalized spacial score (nSPS) is 24.7. The van der Waals surface area contributed by atoms with Gasteiger partial charge < -0.3 is 76.5 Å². The second-order valence-corrected chi connectivity index (χ2v) is 32.8. The van der Waals surface area contributed by atoms with Crippen LogP contribution in [0.15, 0.2) is 83.8 Å². The molecule has 13 atom stereocenters. The number of esters is 1. The Kier molecular flexibility index (Phi) is 28.0. The number of fused-ring (bicyclic) bond motifs is 7. The molecule has 1 saturated carbocycles. The lowest BCUT2D eigenvalue weighted by Crippen LogP contribution is -2.82. The SMILES string of the molecule is CC(=O)CCCNC(=O)c1ccc(NCc2cnc3nc(N)[nH]c(=O)c3n2)cc1.CC[C@@H](CC(=O)O)C(=O)N[C@@H](CC(=O)O)C(=O)C[C@@H](CSSCC(=O)NNC(=O)[C@@]1(O)[C@H](O)[C@]2(CC)C=CCN3CC[C@@]4(c5cc([C@@]6(C(=O)OC)C[C@@H]7CN(CCc8c6[nH]c6ccccc86)C[C@](O)(CC)C7)c(OC)cc5N(C)[C@@H]14)[C@@H]32)C(=O)O.O=C=O. The summed E-state index contributed by atoms with van der Waals surface area (Å²) in [5.41, 5.74) is 8.68. The molecule has 37 heteroatoms. The van der Waals surface area contributed by atoms with Crippen molar-refractivity contribution in [2.75, 3.05) is 88.0 Å². The van der Waals surface area contributed by atoms with Crippen molar-refractivity contribution in [1.82, 2.24) is 56.2 Å². The molecule has 6 aromatic rings. The molecule has 8 heterocycles. The van der Waals surface area contributed by atoms with E-state index in [0.717, 1.165) is 49.3 Å². The number of rotatable bonds is 30. The average molecular weight is 1640 g/mol. The van der Waals surface area contributed by atoms with Crippen LogP contribution in [0.4, 0.5) is 17.3 Å². The lowest BCUT2D eigenvalue weighted by Gasteiger charge is -2.63. The number of ketones is 2. The molecule has 3 fully saturated rings. The first-order valence-electron chi connectivity index (χ1n) is 38.1. The molecule has 1 unspecified atom stereocenters. The predicted molar refractivity (Wildman–Crippen MR) is 424 cm³/mol. The van der Waals surface area contributed by atoms with E-state index >= 15 is 9.59 Å². The largest absolute Gasteiger partial charge is 0.496 e. The van der Waals surface area contributed by atoms with Gasteiger partial charge in [0.15, 0.2) is 22.5 Å². The number of aliphatic carboxylic acids is 3. The van der Waals surface area contributed by atoms with Crippen LogP contribution in [-0.2, 0) is 81.3 Å². The van der Waals surface area contributed by atoms with Crippen LogP contribution in [-0.4, -0.2) is 238 Å². The number of hydrogen-bond donors (Lipinski definition) is 14. The number of aromatic amines is 2. The Morgan fingerprint density at radius 2 is 1.58 bits per heavy atom. The number of carbonyl (C=O) groups excluding carboxylic acids is 9. The number of methoxy groups -OCH3 is 2. The van der Waals surface area contributed by atoms with Crippen LogP contribution in [0.5, 0.6) is 5.75 Å². The second kappa shape index (κ2) is 37.1. The summed E-state index contributed by atoms with van der Waals surface area (Å²) in [7, 11) is 6.44. The Bertz CT molecular complexity index is 4870. The van der Waals surface area contributed by atoms with Crippen LogP contribution in [0.1, 0.15) is 137 Å². The zero-order valence-corrected chi connectivity index (χ0v) is 66.9. The molecule has 3 aromatic carbocycles. The zero-order chi connectivity index (χ0) is 84.4. The van der Waals surface area contributed by atoms with Crippen LogP contribution in [0.2, 0.25) is 0 Å². The number of nitrogens with one attached hydrogen (secondary N) is 7. The molecule has 2 bridgehead atoms. The second-order valence-electron chi connectivity index (χ2n) is 30.3. The number of aliphatic hydroxyl groups is 3. The number of carbonyl (C=O) groups is 10. The third kappa shape index (κ3) is 17.8. The number of hydrazine groups is 1. The number of hydrogen-bond acceptors (Lipinski definition) is 28. The number of H-pyrrole nitrogens is 2. The van der Waals surface area contributed by atoms with E-state index in [4.69, 9.17) is 24.8 Å². The van der Waals surface area contributed by atoms with Crippen molar-refractivity contribution in [2.24, 2.45) is 23.2 Å². The minimum Gasteiger partial charge on any atom is -0.496 e. The minimum atomic E-state index is -2.65. The van der Waals surface area contributed by atoms with Gasteiger partial charge in [0.1, 0.15) is 23.1 Å². The quantitative estimate of drug-likeness (QED) is 0.0101. The van der Waals surface area contributed by atoms with E-state index in [1.165, 1.54) is 27.3 Å². The molecule has 0 radical (unpaired) electrons. The molecule has 1 aliphatic carbocycles. The third-order valence-electron chi connectivity index (χ3n) is 23.3. The molecular formula is C79H98N14O21S2. The maximum atomic E-state index is 15.5. The van der Waals surface area contributed by atoms with Gasteiger partial charge in [0.05, 0.1) is 74.9 Å². The van der Waals surface area contributed by atoms with Gasteiger partial charge in [-0.1, -0.05) is 72.7 Å². The van der Waals surface area contributed by atoms with Crippen molar-refractivity contribution in [3.63, 3.8) is 0 Å². The monoisotopic (exact) mass is 1640 g/mol. The van der Waals surface area contributed by atoms with E-state index in [9.17, 15) is 73.8 Å². The molecule has 2 saturated heterocycles. The van der Waals surface area contributed by atoms with Gasteiger partial charge in [-0.3, -0.25) is 73.6 Å². The molecule has 4 amide bonds. The molecule has 12 rings (SSSR count). The number of likely N-dealkylation sites (N-methyl/N-ethyl adjacent to an activating group) is 1. The van der Waals surface area contributed by atoms with Gasteiger partial charge in [-0.25, -0.2) is 9.97 Å². The molecule has 6 aliphatic rings. The number of ether oxygens (including phenoxy) is 2. The van der Waals surface area contributed by atoms with Crippen LogP contribution >= 0.6 is 21.6 Å². The molecule has 5 aliphatic heterocycles. The highest BCUT2D eigenvalue weighted by Crippen LogP contribution is 2.68. The number of piperidine rings is 1. The van der Waals surface area contributed by atoms with Crippen molar-refractivity contribution in [1.29, 1.82) is 0 Å². The van der Waals surface area contributed by atoms with E-state index < -0.39 is 136 Å². The van der Waals surface area contributed by atoms with Gasteiger partial charge in [0.2, 0.25) is 17.8 Å². The summed E-state index contributed by atoms with van der Waals surface area (Å²) in [6.45, 7) is 10.5. The highest BCUT2D eigenvalue weighted by atomic mass is 33.1. The van der Waals surface area contributed by atoms with E-state index in [1.807, 2.05) is 62.4 Å². The van der Waals surface area contributed by atoms with Gasteiger partial charge in [-0.05, 0) is 118 Å². The minimum absolute atomic E-state index is 0.00865. The van der Waals surface area contributed by atoms with Gasteiger partial charge in [0.25, 0.3) is 17.4 Å². The maximum Gasteiger partial charge on any atom is 0.373 e. The summed E-state index contributed by atoms with van der Waals surface area (Å²) in [6, 6.07) is 15.4. The molecule has 35 nitrogen and oxygen atoms in total. The van der Waals surface area contributed by atoms with Crippen LogP contribution < -0.4 is 47.7 Å². The number of para-hydroxylation sites is 1. The maximum absolute atomic E-state index is 15.5. The summed E-state index contributed by atoms with van der Waals surface area (Å²) < 4.78 is 12.3. The van der Waals surface area contributed by atoms with Gasteiger partial charge in [-0.2, -0.15) is 14.6 Å². The predicted octanol–water partition coefficient (Wildman–Crippen LogP) is 3.32. The van der Waals surface area contributed by atoms with E-state index in [2.05, 4.69) is 61.5 Å². The van der Waals surface area contributed by atoms with Crippen LogP contribution in [0.25, 0.3) is 22.1 Å². The highest BCUT2D eigenvalue weighted by molar-refractivity contribution is 8.76. The molecular weight excluding hydrogens is 1550 g/mol. The zero-order valence-electron chi connectivity index (χ0n) is 65.3. The molecule has 15 N–H and O–H groups in total. The summed E-state index contributed by atoms with van der Waals surface area (Å²) in [6.07, 6.45) is 5.31. The van der Waals surface area contributed by atoms with Crippen molar-refractivity contribution >= 4 is 126 Å². The molecule has 3 aromatic heterocycles. The lowest BCUT2D eigenvalue weighted by molar-refractivity contribution is -0.204. The number of anilines is 3.